The number of halogens is 1. The molecule has 30 heavy (non-hydrogen) atoms. The summed E-state index contributed by atoms with van der Waals surface area (Å²) in [7, 11) is 0. The third-order valence-electron chi connectivity index (χ3n) is 4.84. The van der Waals surface area contributed by atoms with Crippen LogP contribution < -0.4 is 5.32 Å². The molecule has 0 aliphatic rings. The Morgan fingerprint density at radius 3 is 2.50 bits per heavy atom. The van der Waals surface area contributed by atoms with Crippen LogP contribution in [0.3, 0.4) is 0 Å². The summed E-state index contributed by atoms with van der Waals surface area (Å²) < 4.78 is 0. The largest absolute Gasteiger partial charge is 0.354 e. The molecule has 0 bridgehead atoms. The van der Waals surface area contributed by atoms with Gasteiger partial charge in [0.05, 0.1) is 5.75 Å². The van der Waals surface area contributed by atoms with Gasteiger partial charge in [0.15, 0.2) is 0 Å². The van der Waals surface area contributed by atoms with Gasteiger partial charge in [0.25, 0.3) is 0 Å². The first kappa shape index (κ1) is 24.3. The van der Waals surface area contributed by atoms with Gasteiger partial charge in [0.2, 0.25) is 11.8 Å². The molecule has 0 saturated carbocycles. The van der Waals surface area contributed by atoms with Crippen molar-refractivity contribution in [2.75, 3.05) is 12.3 Å². The molecule has 0 aromatic heterocycles. The third-order valence-corrected chi connectivity index (χ3v) is 6.04. The van der Waals surface area contributed by atoms with Crippen LogP contribution in [0, 0.1) is 12.8 Å². The third kappa shape index (κ3) is 7.69. The fourth-order valence-corrected chi connectivity index (χ4v) is 4.17. The molecule has 2 amide bonds. The summed E-state index contributed by atoms with van der Waals surface area (Å²) in [6, 6.07) is 15.0. The van der Waals surface area contributed by atoms with Gasteiger partial charge in [-0.3, -0.25) is 9.59 Å². The molecular weight excluding hydrogens is 416 g/mol. The Hall–Kier alpha value is -1.98. The number of hydrogen-bond donors (Lipinski definition) is 1. The number of carbonyl (C=O) groups excluding carboxylic acids is 2. The summed E-state index contributed by atoms with van der Waals surface area (Å²) in [4.78, 5) is 27.4. The zero-order valence-corrected chi connectivity index (χ0v) is 19.7. The highest BCUT2D eigenvalue weighted by Gasteiger charge is 2.26. The number of nitrogens with zero attached hydrogens (tertiary/aromatic N) is 1. The molecule has 0 aliphatic heterocycles. The Labute approximate surface area is 189 Å². The van der Waals surface area contributed by atoms with E-state index in [4.69, 9.17) is 11.6 Å². The molecule has 162 valence electrons. The van der Waals surface area contributed by atoms with Crippen LogP contribution >= 0.6 is 23.4 Å². The highest BCUT2D eigenvalue weighted by Crippen LogP contribution is 2.19. The lowest BCUT2D eigenvalue weighted by Crippen LogP contribution is -2.48. The van der Waals surface area contributed by atoms with Crippen LogP contribution in [-0.4, -0.2) is 35.1 Å². The molecule has 1 atom stereocenters. The summed E-state index contributed by atoms with van der Waals surface area (Å²) in [5.41, 5.74) is 3.34. The van der Waals surface area contributed by atoms with Crippen LogP contribution in [0.15, 0.2) is 48.5 Å². The van der Waals surface area contributed by atoms with Crippen molar-refractivity contribution in [2.45, 2.75) is 46.0 Å². The first-order valence-corrected chi connectivity index (χ1v) is 11.7. The van der Waals surface area contributed by atoms with E-state index in [2.05, 4.69) is 24.4 Å². The number of benzene rings is 2. The average molecular weight is 447 g/mol. The van der Waals surface area contributed by atoms with Gasteiger partial charge in [-0.15, -0.1) is 11.8 Å². The first-order valence-electron chi connectivity index (χ1n) is 10.2. The molecule has 0 unspecified atom stereocenters. The van der Waals surface area contributed by atoms with E-state index in [0.29, 0.717) is 29.8 Å². The smallest absolute Gasteiger partial charge is 0.242 e. The van der Waals surface area contributed by atoms with Crippen molar-refractivity contribution in [3.05, 3.63) is 70.2 Å². The predicted octanol–water partition coefficient (Wildman–Crippen LogP) is 5.07. The molecule has 2 aromatic rings. The van der Waals surface area contributed by atoms with Crippen molar-refractivity contribution >= 4 is 35.2 Å². The van der Waals surface area contributed by atoms with Crippen molar-refractivity contribution in [1.29, 1.82) is 0 Å². The topological polar surface area (TPSA) is 49.4 Å². The highest BCUT2D eigenvalue weighted by atomic mass is 35.5. The fraction of sp³-hybridized carbons (Fsp3) is 0.417. The van der Waals surface area contributed by atoms with E-state index in [1.54, 1.807) is 29.7 Å². The Bertz CT molecular complexity index is 857. The van der Waals surface area contributed by atoms with E-state index in [1.807, 2.05) is 44.2 Å². The number of amides is 2. The normalized spacial score (nSPS) is 11.9. The lowest BCUT2D eigenvalue weighted by molar-refractivity contribution is -0.138. The second-order valence-electron chi connectivity index (χ2n) is 7.89. The van der Waals surface area contributed by atoms with Crippen molar-refractivity contribution in [3.63, 3.8) is 0 Å². The Morgan fingerprint density at radius 1 is 1.10 bits per heavy atom. The highest BCUT2D eigenvalue weighted by molar-refractivity contribution is 7.99. The van der Waals surface area contributed by atoms with Crippen LogP contribution in [0.2, 0.25) is 5.02 Å². The number of hydrogen-bond acceptors (Lipinski definition) is 3. The van der Waals surface area contributed by atoms with Crippen LogP contribution in [0.1, 0.15) is 37.5 Å². The van der Waals surface area contributed by atoms with Gasteiger partial charge in [0, 0.05) is 23.9 Å². The minimum absolute atomic E-state index is 0.0549. The van der Waals surface area contributed by atoms with Gasteiger partial charge in [-0.25, -0.2) is 0 Å². The maximum atomic E-state index is 13.1. The van der Waals surface area contributed by atoms with Crippen LogP contribution in [-0.2, 0) is 21.9 Å². The van der Waals surface area contributed by atoms with Crippen molar-refractivity contribution in [2.24, 2.45) is 5.92 Å². The zero-order chi connectivity index (χ0) is 22.1. The standard InChI is InChI=1S/C24H31ClN2O2S/c1-17(2)13-26-24(29)19(4)27(14-20-9-7-11-22(25)12-20)23(28)16-30-15-21-10-6-5-8-18(21)3/h5-12,17,19H,13-16H2,1-4H3,(H,26,29)/t19-/m1/s1. The average Bonchev–Trinajstić information content (AvgIpc) is 2.71. The fourth-order valence-electron chi connectivity index (χ4n) is 2.97. The molecular formula is C24H31ClN2O2S. The summed E-state index contributed by atoms with van der Waals surface area (Å²) in [6.45, 7) is 8.88. The second-order valence-corrected chi connectivity index (χ2v) is 9.31. The van der Waals surface area contributed by atoms with Crippen molar-refractivity contribution < 1.29 is 9.59 Å². The lowest BCUT2D eigenvalue weighted by Gasteiger charge is -2.29. The Kier molecular flexibility index (Phi) is 9.73. The molecule has 6 heteroatoms. The SMILES string of the molecule is Cc1ccccc1CSCC(=O)N(Cc1cccc(Cl)c1)[C@H](C)C(=O)NCC(C)C. The molecule has 0 fully saturated rings. The molecule has 0 radical (unpaired) electrons. The maximum absolute atomic E-state index is 13.1. The van der Waals surface area contributed by atoms with Gasteiger partial charge in [-0.2, -0.15) is 0 Å². The summed E-state index contributed by atoms with van der Waals surface area (Å²) in [5, 5.41) is 3.55. The van der Waals surface area contributed by atoms with E-state index in [0.717, 1.165) is 11.3 Å². The van der Waals surface area contributed by atoms with E-state index >= 15 is 0 Å². The number of carbonyl (C=O) groups is 2. The first-order chi connectivity index (χ1) is 14.3. The zero-order valence-electron chi connectivity index (χ0n) is 18.2. The van der Waals surface area contributed by atoms with Crippen LogP contribution in [0.25, 0.3) is 0 Å². The van der Waals surface area contributed by atoms with E-state index < -0.39 is 6.04 Å². The molecule has 0 saturated heterocycles. The monoisotopic (exact) mass is 446 g/mol. The number of aryl methyl sites for hydroxylation is 1. The molecule has 0 heterocycles. The molecule has 2 aromatic carbocycles. The van der Waals surface area contributed by atoms with Gasteiger partial charge < -0.3 is 10.2 Å². The van der Waals surface area contributed by atoms with Crippen LogP contribution in [0.5, 0.6) is 0 Å². The van der Waals surface area contributed by atoms with Gasteiger partial charge in [-0.05, 0) is 48.6 Å². The van der Waals surface area contributed by atoms with Gasteiger partial charge in [-0.1, -0.05) is 61.8 Å². The minimum atomic E-state index is -0.561. The second kappa shape index (κ2) is 12.0. The Morgan fingerprint density at radius 2 is 1.83 bits per heavy atom. The summed E-state index contributed by atoms with van der Waals surface area (Å²) in [5.74, 6) is 1.24. The van der Waals surface area contributed by atoms with Crippen molar-refractivity contribution in [3.8, 4) is 0 Å². The number of rotatable bonds is 10. The quantitative estimate of drug-likeness (QED) is 0.554. The van der Waals surface area contributed by atoms with E-state index in [9.17, 15) is 9.59 Å². The molecule has 0 spiro atoms. The van der Waals surface area contributed by atoms with Crippen molar-refractivity contribution in [1.82, 2.24) is 10.2 Å². The predicted molar refractivity (Wildman–Crippen MR) is 127 cm³/mol. The Balaban J connectivity index is 2.07. The minimum Gasteiger partial charge on any atom is -0.354 e. The molecule has 2 rings (SSSR count). The van der Waals surface area contributed by atoms with E-state index in [-0.39, 0.29) is 11.8 Å². The van der Waals surface area contributed by atoms with Crippen LogP contribution in [0.4, 0.5) is 0 Å². The number of thioether (sulfide) groups is 1. The molecule has 1 N–H and O–H groups in total. The van der Waals surface area contributed by atoms with Gasteiger partial charge in [0.1, 0.15) is 6.04 Å². The summed E-state index contributed by atoms with van der Waals surface area (Å²) >= 11 is 7.68. The maximum Gasteiger partial charge on any atom is 0.242 e. The van der Waals surface area contributed by atoms with Gasteiger partial charge >= 0.3 is 0 Å². The summed E-state index contributed by atoms with van der Waals surface area (Å²) in [6.07, 6.45) is 0. The molecule has 4 nitrogen and oxygen atoms in total. The molecule has 0 aliphatic carbocycles. The number of nitrogens with one attached hydrogen (secondary N) is 1. The lowest BCUT2D eigenvalue weighted by atomic mass is 10.1. The van der Waals surface area contributed by atoms with E-state index in [1.165, 1.54) is 11.1 Å².